The van der Waals surface area contributed by atoms with Crippen LogP contribution in [-0.4, -0.2) is 20.8 Å². The Morgan fingerprint density at radius 1 is 1.37 bits per heavy atom. The lowest BCUT2D eigenvalue weighted by molar-refractivity contribution is 0.587. The van der Waals surface area contributed by atoms with Crippen molar-refractivity contribution < 1.29 is 0 Å². The standard InChI is InChI=1S/C14H19ClN4/c1-10(2)17-6-13-9-19(18-11(13)3)8-12-4-5-16-7-14(12)15/h4-5,7,9-10,17H,6,8H2,1-3H3. The van der Waals surface area contributed by atoms with Crippen molar-refractivity contribution in [1.29, 1.82) is 0 Å². The average Bonchev–Trinajstić information content (AvgIpc) is 2.70. The van der Waals surface area contributed by atoms with Crippen molar-refractivity contribution in [1.82, 2.24) is 20.1 Å². The van der Waals surface area contributed by atoms with Crippen molar-refractivity contribution in [2.45, 2.75) is 39.9 Å². The third-order valence-corrected chi connectivity index (χ3v) is 3.28. The summed E-state index contributed by atoms with van der Waals surface area (Å²) < 4.78 is 1.92. The molecule has 0 saturated heterocycles. The van der Waals surface area contributed by atoms with Gasteiger partial charge in [-0.2, -0.15) is 5.10 Å². The molecule has 19 heavy (non-hydrogen) atoms. The molecule has 0 aromatic carbocycles. The number of nitrogens with zero attached hydrogens (tertiary/aromatic N) is 3. The van der Waals surface area contributed by atoms with Crippen molar-refractivity contribution in [3.8, 4) is 0 Å². The van der Waals surface area contributed by atoms with Crippen LogP contribution < -0.4 is 5.32 Å². The zero-order chi connectivity index (χ0) is 13.8. The molecule has 0 unspecified atom stereocenters. The zero-order valence-corrected chi connectivity index (χ0v) is 12.3. The van der Waals surface area contributed by atoms with E-state index in [1.165, 1.54) is 5.56 Å². The molecule has 0 bridgehead atoms. The van der Waals surface area contributed by atoms with Gasteiger partial charge in [-0.3, -0.25) is 9.67 Å². The molecule has 0 aliphatic heterocycles. The number of nitrogens with one attached hydrogen (secondary N) is 1. The molecule has 5 heteroatoms. The van der Waals surface area contributed by atoms with E-state index < -0.39 is 0 Å². The normalized spacial score (nSPS) is 11.2. The SMILES string of the molecule is Cc1nn(Cc2ccncc2Cl)cc1CNC(C)C. The second kappa shape index (κ2) is 6.17. The fraction of sp³-hybridized carbons (Fsp3) is 0.429. The highest BCUT2D eigenvalue weighted by Crippen LogP contribution is 2.15. The van der Waals surface area contributed by atoms with Gasteiger partial charge in [0.15, 0.2) is 0 Å². The van der Waals surface area contributed by atoms with E-state index in [1.54, 1.807) is 12.4 Å². The van der Waals surface area contributed by atoms with Crippen LogP contribution in [0.15, 0.2) is 24.7 Å². The van der Waals surface area contributed by atoms with E-state index >= 15 is 0 Å². The van der Waals surface area contributed by atoms with Crippen LogP contribution in [0.25, 0.3) is 0 Å². The van der Waals surface area contributed by atoms with Gasteiger partial charge < -0.3 is 5.32 Å². The van der Waals surface area contributed by atoms with E-state index in [1.807, 2.05) is 17.7 Å². The van der Waals surface area contributed by atoms with Gasteiger partial charge >= 0.3 is 0 Å². The fourth-order valence-corrected chi connectivity index (χ4v) is 2.01. The maximum Gasteiger partial charge on any atom is 0.0675 e. The molecule has 0 amide bonds. The van der Waals surface area contributed by atoms with E-state index in [0.717, 1.165) is 17.8 Å². The third-order valence-electron chi connectivity index (χ3n) is 2.94. The lowest BCUT2D eigenvalue weighted by Gasteiger charge is -2.06. The molecule has 0 radical (unpaired) electrons. The van der Waals surface area contributed by atoms with Crippen molar-refractivity contribution >= 4 is 11.6 Å². The van der Waals surface area contributed by atoms with Crippen LogP contribution in [0.1, 0.15) is 30.7 Å². The first-order chi connectivity index (χ1) is 9.06. The predicted octanol–water partition coefficient (Wildman–Crippen LogP) is 2.79. The predicted molar refractivity (Wildman–Crippen MR) is 77.3 cm³/mol. The summed E-state index contributed by atoms with van der Waals surface area (Å²) in [5, 5.41) is 8.60. The minimum atomic E-state index is 0.470. The highest BCUT2D eigenvalue weighted by molar-refractivity contribution is 6.31. The molecule has 0 atom stereocenters. The number of hydrogen-bond donors (Lipinski definition) is 1. The Balaban J connectivity index is 2.10. The highest BCUT2D eigenvalue weighted by atomic mass is 35.5. The topological polar surface area (TPSA) is 42.7 Å². The van der Waals surface area contributed by atoms with E-state index in [-0.39, 0.29) is 0 Å². The molecule has 102 valence electrons. The lowest BCUT2D eigenvalue weighted by atomic mass is 10.2. The van der Waals surface area contributed by atoms with Gasteiger partial charge in [-0.25, -0.2) is 0 Å². The second-order valence-corrected chi connectivity index (χ2v) is 5.35. The lowest BCUT2D eigenvalue weighted by Crippen LogP contribution is -2.21. The molecule has 1 N–H and O–H groups in total. The van der Waals surface area contributed by atoms with Crippen LogP contribution in [0.5, 0.6) is 0 Å². The monoisotopic (exact) mass is 278 g/mol. The Hall–Kier alpha value is -1.39. The summed E-state index contributed by atoms with van der Waals surface area (Å²) in [4.78, 5) is 3.99. The molecule has 2 aromatic heterocycles. The van der Waals surface area contributed by atoms with Gasteiger partial charge in [0.05, 0.1) is 17.3 Å². The Morgan fingerprint density at radius 2 is 2.16 bits per heavy atom. The molecule has 2 rings (SSSR count). The number of halogens is 1. The van der Waals surface area contributed by atoms with Gasteiger partial charge in [0.25, 0.3) is 0 Å². The first-order valence-corrected chi connectivity index (χ1v) is 6.78. The fourth-order valence-electron chi connectivity index (χ4n) is 1.83. The van der Waals surface area contributed by atoms with Gasteiger partial charge in [-0.05, 0) is 18.6 Å². The average molecular weight is 279 g/mol. The van der Waals surface area contributed by atoms with Crippen molar-refractivity contribution in [3.63, 3.8) is 0 Å². The molecule has 4 nitrogen and oxygen atoms in total. The maximum atomic E-state index is 6.11. The summed E-state index contributed by atoms with van der Waals surface area (Å²) in [6.07, 6.45) is 5.48. The minimum Gasteiger partial charge on any atom is -0.310 e. The maximum absolute atomic E-state index is 6.11. The van der Waals surface area contributed by atoms with Crippen LogP contribution in [-0.2, 0) is 13.1 Å². The van der Waals surface area contributed by atoms with Gasteiger partial charge in [-0.15, -0.1) is 0 Å². The summed E-state index contributed by atoms with van der Waals surface area (Å²) in [6.45, 7) is 7.81. The van der Waals surface area contributed by atoms with Crippen LogP contribution in [0.4, 0.5) is 0 Å². The highest BCUT2D eigenvalue weighted by Gasteiger charge is 2.07. The van der Waals surface area contributed by atoms with Crippen LogP contribution in [0.2, 0.25) is 5.02 Å². The number of aromatic nitrogens is 3. The molecular formula is C14H19ClN4. The van der Waals surface area contributed by atoms with Gasteiger partial charge in [0, 0.05) is 36.7 Å². The summed E-state index contributed by atoms with van der Waals surface area (Å²) in [5.74, 6) is 0. The van der Waals surface area contributed by atoms with Crippen molar-refractivity contribution in [3.05, 3.63) is 46.5 Å². The number of rotatable bonds is 5. The van der Waals surface area contributed by atoms with Crippen LogP contribution >= 0.6 is 11.6 Å². The van der Waals surface area contributed by atoms with Gasteiger partial charge in [-0.1, -0.05) is 25.4 Å². The summed E-state index contributed by atoms with van der Waals surface area (Å²) >= 11 is 6.11. The smallest absolute Gasteiger partial charge is 0.0675 e. The van der Waals surface area contributed by atoms with Crippen molar-refractivity contribution in [2.24, 2.45) is 0 Å². The van der Waals surface area contributed by atoms with E-state index in [4.69, 9.17) is 11.6 Å². The minimum absolute atomic E-state index is 0.470. The van der Waals surface area contributed by atoms with E-state index in [9.17, 15) is 0 Å². The summed E-state index contributed by atoms with van der Waals surface area (Å²) in [5.41, 5.74) is 3.31. The van der Waals surface area contributed by atoms with Crippen molar-refractivity contribution in [2.75, 3.05) is 0 Å². The molecule has 0 aliphatic rings. The number of aryl methyl sites for hydroxylation is 1. The second-order valence-electron chi connectivity index (χ2n) is 4.94. The molecule has 2 heterocycles. The molecule has 0 fully saturated rings. The largest absolute Gasteiger partial charge is 0.310 e. The number of hydrogen-bond acceptors (Lipinski definition) is 3. The Bertz CT molecular complexity index is 548. The quantitative estimate of drug-likeness (QED) is 0.914. The first-order valence-electron chi connectivity index (χ1n) is 6.41. The Kier molecular flexibility index (Phi) is 4.56. The first kappa shape index (κ1) is 14.0. The summed E-state index contributed by atoms with van der Waals surface area (Å²) in [6, 6.07) is 2.39. The Morgan fingerprint density at radius 3 is 2.84 bits per heavy atom. The molecule has 0 saturated carbocycles. The molecular weight excluding hydrogens is 260 g/mol. The molecule has 0 aliphatic carbocycles. The van der Waals surface area contributed by atoms with Gasteiger partial charge in [0.2, 0.25) is 0 Å². The van der Waals surface area contributed by atoms with E-state index in [2.05, 4.69) is 35.4 Å². The Labute approximate surface area is 118 Å². The van der Waals surface area contributed by atoms with E-state index in [0.29, 0.717) is 17.6 Å². The number of pyridine rings is 1. The van der Waals surface area contributed by atoms with Crippen LogP contribution in [0.3, 0.4) is 0 Å². The van der Waals surface area contributed by atoms with Crippen LogP contribution in [0, 0.1) is 6.92 Å². The summed E-state index contributed by atoms with van der Waals surface area (Å²) in [7, 11) is 0. The molecule has 2 aromatic rings. The zero-order valence-electron chi connectivity index (χ0n) is 11.5. The third kappa shape index (κ3) is 3.78. The molecule has 0 spiro atoms. The van der Waals surface area contributed by atoms with Gasteiger partial charge in [0.1, 0.15) is 0 Å².